The van der Waals surface area contributed by atoms with Crippen molar-refractivity contribution in [2.75, 3.05) is 0 Å². The van der Waals surface area contributed by atoms with Crippen LogP contribution in [-0.4, -0.2) is 10.8 Å². The van der Waals surface area contributed by atoms with Gasteiger partial charge < -0.3 is 4.42 Å². The highest BCUT2D eigenvalue weighted by Crippen LogP contribution is 2.15. The van der Waals surface area contributed by atoms with E-state index >= 15 is 0 Å². The zero-order valence-electron chi connectivity index (χ0n) is 7.99. The number of rotatable bonds is 3. The van der Waals surface area contributed by atoms with E-state index in [1.54, 1.807) is 0 Å². The van der Waals surface area contributed by atoms with Crippen molar-refractivity contribution in [1.82, 2.24) is 4.98 Å². The molecule has 14 heavy (non-hydrogen) atoms. The summed E-state index contributed by atoms with van der Waals surface area (Å²) in [7, 11) is 0. The van der Waals surface area contributed by atoms with Gasteiger partial charge in [0.05, 0.1) is 0 Å². The van der Waals surface area contributed by atoms with Gasteiger partial charge in [-0.1, -0.05) is 19.1 Å². The van der Waals surface area contributed by atoms with Gasteiger partial charge >= 0.3 is 0 Å². The van der Waals surface area contributed by atoms with E-state index in [0.29, 0.717) is 12.0 Å². The molecule has 0 saturated heterocycles. The largest absolute Gasteiger partial charge is 0.434 e. The molecule has 0 unspecified atom stereocenters. The van der Waals surface area contributed by atoms with E-state index in [1.165, 1.54) is 0 Å². The summed E-state index contributed by atoms with van der Waals surface area (Å²) in [4.78, 5) is 15.6. The Morgan fingerprint density at radius 2 is 2.21 bits per heavy atom. The predicted molar refractivity (Wildman–Crippen MR) is 53.2 cm³/mol. The van der Waals surface area contributed by atoms with E-state index in [9.17, 15) is 4.79 Å². The van der Waals surface area contributed by atoms with Crippen molar-refractivity contribution < 1.29 is 9.21 Å². The first-order valence-electron chi connectivity index (χ1n) is 4.70. The van der Waals surface area contributed by atoms with Gasteiger partial charge in [0, 0.05) is 6.42 Å². The molecular weight excluding hydrogens is 178 g/mol. The molecule has 3 heteroatoms. The summed E-state index contributed by atoms with van der Waals surface area (Å²) in [6.07, 6.45) is 1.31. The number of hydrogen-bond donors (Lipinski definition) is 0. The summed E-state index contributed by atoms with van der Waals surface area (Å²) in [6, 6.07) is 7.38. The summed E-state index contributed by atoms with van der Waals surface area (Å²) in [5, 5.41) is 0. The van der Waals surface area contributed by atoms with Gasteiger partial charge in [0.2, 0.25) is 5.78 Å². The molecule has 1 aromatic carbocycles. The average Bonchev–Trinajstić information content (AvgIpc) is 2.61. The second kappa shape index (κ2) is 3.62. The molecule has 0 radical (unpaired) electrons. The average molecular weight is 189 g/mol. The molecule has 72 valence electrons. The zero-order chi connectivity index (χ0) is 9.97. The molecule has 0 bridgehead atoms. The fraction of sp³-hybridized carbons (Fsp3) is 0.273. The van der Waals surface area contributed by atoms with Crippen LogP contribution < -0.4 is 0 Å². The van der Waals surface area contributed by atoms with Crippen LogP contribution >= 0.6 is 0 Å². The summed E-state index contributed by atoms with van der Waals surface area (Å²) in [5.74, 6) is 0.205. The number of fused-ring (bicyclic) bond motifs is 1. The SMILES string of the molecule is CCCC(=O)c1nc2ccccc2o1. The Labute approximate surface area is 81.7 Å². The third-order valence-electron chi connectivity index (χ3n) is 2.01. The minimum Gasteiger partial charge on any atom is -0.434 e. The number of aromatic nitrogens is 1. The summed E-state index contributed by atoms with van der Waals surface area (Å²) < 4.78 is 5.32. The van der Waals surface area contributed by atoms with E-state index in [-0.39, 0.29) is 11.7 Å². The number of Topliss-reactive ketones (excluding diaryl/α,β-unsaturated/α-hetero) is 1. The molecule has 0 atom stereocenters. The van der Waals surface area contributed by atoms with Gasteiger partial charge in [0.25, 0.3) is 5.89 Å². The van der Waals surface area contributed by atoms with E-state index in [0.717, 1.165) is 11.9 Å². The number of oxazole rings is 1. The van der Waals surface area contributed by atoms with Crippen LogP contribution in [0.15, 0.2) is 28.7 Å². The van der Waals surface area contributed by atoms with Crippen molar-refractivity contribution in [3.63, 3.8) is 0 Å². The molecule has 0 amide bonds. The van der Waals surface area contributed by atoms with Gasteiger partial charge in [0.15, 0.2) is 5.58 Å². The van der Waals surface area contributed by atoms with E-state index in [1.807, 2.05) is 31.2 Å². The normalized spacial score (nSPS) is 10.6. The van der Waals surface area contributed by atoms with Crippen LogP contribution in [0.2, 0.25) is 0 Å². The van der Waals surface area contributed by atoms with Crippen molar-refractivity contribution >= 4 is 16.9 Å². The smallest absolute Gasteiger partial charge is 0.264 e. The summed E-state index contributed by atoms with van der Waals surface area (Å²) in [5.41, 5.74) is 1.42. The molecule has 3 nitrogen and oxygen atoms in total. The number of carbonyl (C=O) groups is 1. The second-order valence-electron chi connectivity index (χ2n) is 3.16. The molecule has 0 aliphatic rings. The van der Waals surface area contributed by atoms with Gasteiger partial charge in [-0.2, -0.15) is 0 Å². The van der Waals surface area contributed by atoms with Gasteiger partial charge in [-0.15, -0.1) is 0 Å². The maximum Gasteiger partial charge on any atom is 0.264 e. The fourth-order valence-corrected chi connectivity index (χ4v) is 1.33. The van der Waals surface area contributed by atoms with Gasteiger partial charge in [-0.05, 0) is 18.6 Å². The minimum atomic E-state index is -0.0244. The Kier molecular flexibility index (Phi) is 2.31. The maximum atomic E-state index is 11.5. The Morgan fingerprint density at radius 3 is 2.93 bits per heavy atom. The molecule has 1 heterocycles. The first-order chi connectivity index (χ1) is 6.81. The zero-order valence-corrected chi connectivity index (χ0v) is 7.99. The maximum absolute atomic E-state index is 11.5. The molecule has 0 aliphatic carbocycles. The predicted octanol–water partition coefficient (Wildman–Crippen LogP) is 2.81. The second-order valence-corrected chi connectivity index (χ2v) is 3.16. The van der Waals surface area contributed by atoms with Crippen LogP contribution in [0, 0.1) is 0 Å². The standard InChI is InChI=1S/C11H11NO2/c1-2-5-9(13)11-12-8-6-3-4-7-10(8)14-11/h3-4,6-7H,2,5H2,1H3. The third-order valence-corrected chi connectivity index (χ3v) is 2.01. The number of ketones is 1. The Hall–Kier alpha value is -1.64. The Morgan fingerprint density at radius 1 is 1.43 bits per heavy atom. The lowest BCUT2D eigenvalue weighted by molar-refractivity contribution is 0.0950. The highest BCUT2D eigenvalue weighted by atomic mass is 16.4. The van der Waals surface area contributed by atoms with Gasteiger partial charge in [0.1, 0.15) is 5.52 Å². The molecule has 2 aromatic rings. The van der Waals surface area contributed by atoms with Gasteiger partial charge in [-0.25, -0.2) is 4.98 Å². The van der Waals surface area contributed by atoms with Crippen molar-refractivity contribution in [3.05, 3.63) is 30.2 Å². The number of para-hydroxylation sites is 2. The van der Waals surface area contributed by atoms with Crippen LogP contribution in [0.4, 0.5) is 0 Å². The van der Waals surface area contributed by atoms with Crippen LogP contribution in [0.3, 0.4) is 0 Å². The molecule has 0 fully saturated rings. The van der Waals surface area contributed by atoms with E-state index in [4.69, 9.17) is 4.42 Å². The van der Waals surface area contributed by atoms with E-state index in [2.05, 4.69) is 4.98 Å². The first-order valence-corrected chi connectivity index (χ1v) is 4.70. The molecule has 0 saturated carbocycles. The topological polar surface area (TPSA) is 43.1 Å². The van der Waals surface area contributed by atoms with Crippen molar-refractivity contribution in [3.8, 4) is 0 Å². The minimum absolute atomic E-state index is 0.0244. The first kappa shape index (κ1) is 8.94. The van der Waals surface area contributed by atoms with Crippen molar-refractivity contribution in [2.24, 2.45) is 0 Å². The lowest BCUT2D eigenvalue weighted by Crippen LogP contribution is -1.97. The van der Waals surface area contributed by atoms with Crippen LogP contribution in [0.5, 0.6) is 0 Å². The van der Waals surface area contributed by atoms with Crippen molar-refractivity contribution in [2.45, 2.75) is 19.8 Å². The third kappa shape index (κ3) is 1.53. The number of hydrogen-bond acceptors (Lipinski definition) is 3. The quantitative estimate of drug-likeness (QED) is 0.697. The van der Waals surface area contributed by atoms with Crippen LogP contribution in [0.1, 0.15) is 30.5 Å². The molecule has 1 aromatic heterocycles. The molecule has 0 aliphatic heterocycles. The number of carbonyl (C=O) groups excluding carboxylic acids is 1. The monoisotopic (exact) mass is 189 g/mol. The molecular formula is C11H11NO2. The van der Waals surface area contributed by atoms with Gasteiger partial charge in [-0.3, -0.25) is 4.79 Å². The highest BCUT2D eigenvalue weighted by molar-refractivity contribution is 5.93. The molecule has 0 N–H and O–H groups in total. The Balaban J connectivity index is 2.40. The summed E-state index contributed by atoms with van der Waals surface area (Å²) >= 11 is 0. The lowest BCUT2D eigenvalue weighted by atomic mass is 10.2. The molecule has 0 spiro atoms. The summed E-state index contributed by atoms with van der Waals surface area (Å²) in [6.45, 7) is 1.96. The van der Waals surface area contributed by atoms with E-state index < -0.39 is 0 Å². The fourth-order valence-electron chi connectivity index (χ4n) is 1.33. The number of nitrogens with zero attached hydrogens (tertiary/aromatic N) is 1. The van der Waals surface area contributed by atoms with Crippen LogP contribution in [0.25, 0.3) is 11.1 Å². The van der Waals surface area contributed by atoms with Crippen molar-refractivity contribution in [1.29, 1.82) is 0 Å². The lowest BCUT2D eigenvalue weighted by Gasteiger charge is -1.89. The number of benzene rings is 1. The molecule has 2 rings (SSSR count). The highest BCUT2D eigenvalue weighted by Gasteiger charge is 2.12. The Bertz CT molecular complexity index is 426. The van der Waals surface area contributed by atoms with Crippen LogP contribution in [-0.2, 0) is 0 Å².